The molecule has 2 heterocycles. The van der Waals surface area contributed by atoms with Crippen molar-refractivity contribution < 1.29 is 0 Å². The first-order valence-corrected chi connectivity index (χ1v) is 6.26. The maximum absolute atomic E-state index is 3.27. The number of fused-ring (bicyclic) bond motifs is 2. The van der Waals surface area contributed by atoms with Crippen molar-refractivity contribution in [3.05, 3.63) is 60.3 Å². The molecule has 18 heavy (non-hydrogen) atoms. The summed E-state index contributed by atoms with van der Waals surface area (Å²) >= 11 is 0. The summed E-state index contributed by atoms with van der Waals surface area (Å²) in [6.45, 7) is 1.05. The van der Waals surface area contributed by atoms with Gasteiger partial charge < -0.3 is 9.88 Å². The van der Waals surface area contributed by atoms with Crippen LogP contribution in [0.2, 0.25) is 0 Å². The van der Waals surface area contributed by atoms with Gasteiger partial charge in [0.15, 0.2) is 0 Å². The summed E-state index contributed by atoms with van der Waals surface area (Å²) in [6, 6.07) is 18.0. The van der Waals surface area contributed by atoms with Crippen LogP contribution in [0.1, 0.15) is 5.56 Å². The Bertz CT molecular complexity index is 712. The maximum atomic E-state index is 3.27. The number of nitrogens with zero attached hydrogens (tertiary/aromatic N) is 1. The second-order valence-electron chi connectivity index (χ2n) is 4.67. The van der Waals surface area contributed by atoms with Crippen molar-refractivity contribution in [3.63, 3.8) is 0 Å². The van der Waals surface area contributed by atoms with E-state index in [4.69, 9.17) is 0 Å². The van der Waals surface area contributed by atoms with Gasteiger partial charge in [0, 0.05) is 29.3 Å². The highest BCUT2D eigenvalue weighted by molar-refractivity contribution is 5.95. The van der Waals surface area contributed by atoms with Gasteiger partial charge in [0.25, 0.3) is 0 Å². The Morgan fingerprint density at radius 3 is 3.11 bits per heavy atom. The van der Waals surface area contributed by atoms with Crippen LogP contribution in [0.4, 0.5) is 11.4 Å². The van der Waals surface area contributed by atoms with Gasteiger partial charge in [-0.3, -0.25) is 0 Å². The van der Waals surface area contributed by atoms with Crippen molar-refractivity contribution in [2.45, 2.75) is 6.42 Å². The van der Waals surface area contributed by atoms with E-state index in [0.29, 0.717) is 0 Å². The van der Waals surface area contributed by atoms with Gasteiger partial charge in [0.2, 0.25) is 0 Å². The van der Waals surface area contributed by atoms with Gasteiger partial charge in [0.1, 0.15) is 0 Å². The average molecular weight is 233 g/mol. The number of rotatable bonds is 1. The highest BCUT2D eigenvalue weighted by Gasteiger charge is 2.21. The predicted octanol–water partition coefficient (Wildman–Crippen LogP) is 3.66. The van der Waals surface area contributed by atoms with Crippen LogP contribution in [0.15, 0.2) is 48.7 Å². The van der Waals surface area contributed by atoms with Gasteiger partial charge in [-0.15, -0.1) is 0 Å². The lowest BCUT2D eigenvalue weighted by Gasteiger charge is -2.20. The number of H-pyrrole nitrogens is 1. The number of hydrogen-bond acceptors (Lipinski definition) is 1. The van der Waals surface area contributed by atoms with E-state index >= 15 is 0 Å². The predicted molar refractivity (Wildman–Crippen MR) is 74.3 cm³/mol. The molecule has 1 N–H and O–H groups in total. The SMILES string of the molecule is [c]1ccc2c(c1)CCN2c1cccc2[nH]ccc12. The molecule has 4 rings (SSSR count). The number of nitrogens with one attached hydrogen (secondary N) is 1. The van der Waals surface area contributed by atoms with E-state index in [9.17, 15) is 0 Å². The number of anilines is 2. The number of aromatic amines is 1. The van der Waals surface area contributed by atoms with E-state index < -0.39 is 0 Å². The third-order valence-corrected chi connectivity index (χ3v) is 3.68. The summed E-state index contributed by atoms with van der Waals surface area (Å²) in [6.07, 6.45) is 3.11. The summed E-state index contributed by atoms with van der Waals surface area (Å²) in [5.74, 6) is 0. The zero-order chi connectivity index (χ0) is 11.9. The molecule has 1 aliphatic heterocycles. The lowest BCUT2D eigenvalue weighted by molar-refractivity contribution is 1.00. The molecular weight excluding hydrogens is 220 g/mol. The minimum atomic E-state index is 1.05. The molecule has 0 saturated carbocycles. The average Bonchev–Trinajstić information content (AvgIpc) is 3.05. The summed E-state index contributed by atoms with van der Waals surface area (Å²) in [5.41, 5.74) is 5.20. The lowest BCUT2D eigenvalue weighted by atomic mass is 10.1. The van der Waals surface area contributed by atoms with Crippen LogP contribution in [0.3, 0.4) is 0 Å². The zero-order valence-corrected chi connectivity index (χ0v) is 9.98. The molecule has 87 valence electrons. The van der Waals surface area contributed by atoms with E-state index in [-0.39, 0.29) is 0 Å². The molecule has 0 bridgehead atoms. The Balaban J connectivity index is 1.92. The topological polar surface area (TPSA) is 19.0 Å². The maximum Gasteiger partial charge on any atom is 0.0506 e. The van der Waals surface area contributed by atoms with Crippen molar-refractivity contribution in [1.82, 2.24) is 4.98 Å². The number of aromatic nitrogens is 1. The van der Waals surface area contributed by atoms with Gasteiger partial charge >= 0.3 is 0 Å². The van der Waals surface area contributed by atoms with Crippen molar-refractivity contribution >= 4 is 22.3 Å². The normalized spacial score (nSPS) is 14.1. The largest absolute Gasteiger partial charge is 0.361 e. The molecule has 2 nitrogen and oxygen atoms in total. The minimum Gasteiger partial charge on any atom is -0.361 e. The molecule has 0 amide bonds. The van der Waals surface area contributed by atoms with Crippen molar-refractivity contribution in [2.75, 3.05) is 11.4 Å². The number of hydrogen-bond donors (Lipinski definition) is 1. The molecular formula is C16H13N2. The van der Waals surface area contributed by atoms with Crippen LogP contribution in [0.25, 0.3) is 10.9 Å². The smallest absolute Gasteiger partial charge is 0.0506 e. The quantitative estimate of drug-likeness (QED) is 0.679. The molecule has 1 radical (unpaired) electrons. The summed E-state index contributed by atoms with van der Waals surface area (Å²) < 4.78 is 0. The fraction of sp³-hybridized carbons (Fsp3) is 0.125. The highest BCUT2D eigenvalue weighted by atomic mass is 15.2. The summed E-state index contributed by atoms with van der Waals surface area (Å²) in [4.78, 5) is 5.68. The molecule has 0 fully saturated rings. The zero-order valence-electron chi connectivity index (χ0n) is 9.98. The third kappa shape index (κ3) is 1.29. The van der Waals surface area contributed by atoms with Crippen molar-refractivity contribution in [3.8, 4) is 0 Å². The number of benzene rings is 2. The van der Waals surface area contributed by atoms with Crippen molar-refractivity contribution in [2.24, 2.45) is 0 Å². The Morgan fingerprint density at radius 1 is 1.11 bits per heavy atom. The lowest BCUT2D eigenvalue weighted by Crippen LogP contribution is -2.13. The molecule has 0 atom stereocenters. The van der Waals surface area contributed by atoms with Crippen LogP contribution in [0.5, 0.6) is 0 Å². The minimum absolute atomic E-state index is 1.05. The second-order valence-corrected chi connectivity index (χ2v) is 4.67. The van der Waals surface area contributed by atoms with Crippen LogP contribution in [-0.4, -0.2) is 11.5 Å². The molecule has 2 heteroatoms. The van der Waals surface area contributed by atoms with Crippen LogP contribution >= 0.6 is 0 Å². The molecule has 1 aromatic heterocycles. The van der Waals surface area contributed by atoms with E-state index in [1.807, 2.05) is 12.3 Å². The van der Waals surface area contributed by atoms with Crippen LogP contribution < -0.4 is 4.90 Å². The first-order chi connectivity index (χ1) is 8.93. The Labute approximate surface area is 106 Å². The Kier molecular flexibility index (Phi) is 1.97. The molecule has 0 unspecified atom stereocenters. The van der Waals surface area contributed by atoms with E-state index in [1.165, 1.54) is 27.8 Å². The van der Waals surface area contributed by atoms with E-state index in [0.717, 1.165) is 13.0 Å². The van der Waals surface area contributed by atoms with Gasteiger partial charge in [-0.25, -0.2) is 0 Å². The summed E-state index contributed by atoms with van der Waals surface area (Å²) in [5, 5.41) is 1.29. The van der Waals surface area contributed by atoms with Crippen LogP contribution in [-0.2, 0) is 6.42 Å². The van der Waals surface area contributed by atoms with Gasteiger partial charge in [0.05, 0.1) is 5.69 Å². The first-order valence-electron chi connectivity index (χ1n) is 6.26. The third-order valence-electron chi connectivity index (χ3n) is 3.68. The molecule has 0 spiro atoms. The van der Waals surface area contributed by atoms with Crippen molar-refractivity contribution in [1.29, 1.82) is 0 Å². The van der Waals surface area contributed by atoms with Gasteiger partial charge in [-0.2, -0.15) is 0 Å². The Hall–Kier alpha value is -2.22. The molecule has 0 saturated heterocycles. The monoisotopic (exact) mass is 233 g/mol. The molecule has 0 aliphatic carbocycles. The first kappa shape index (κ1) is 9.77. The van der Waals surface area contributed by atoms with Gasteiger partial charge in [-0.1, -0.05) is 12.1 Å². The fourth-order valence-electron chi connectivity index (χ4n) is 2.83. The Morgan fingerprint density at radius 2 is 2.11 bits per heavy atom. The second kappa shape index (κ2) is 3.64. The van der Waals surface area contributed by atoms with Crippen LogP contribution in [0, 0.1) is 6.07 Å². The standard InChI is InChI=1S/C16H13N2/c1-2-6-15-12(4-1)9-11-18(15)16-7-3-5-14-13(16)8-10-17-14/h2-8,10,17H,9,11H2. The highest BCUT2D eigenvalue weighted by Crippen LogP contribution is 2.37. The van der Waals surface area contributed by atoms with Gasteiger partial charge in [-0.05, 0) is 48.4 Å². The summed E-state index contributed by atoms with van der Waals surface area (Å²) in [7, 11) is 0. The van der Waals surface area contributed by atoms with E-state index in [2.05, 4.69) is 52.3 Å². The molecule has 3 aromatic rings. The fourth-order valence-corrected chi connectivity index (χ4v) is 2.83. The molecule has 2 aromatic carbocycles. The van der Waals surface area contributed by atoms with E-state index in [1.54, 1.807) is 0 Å². The molecule has 1 aliphatic rings.